The van der Waals surface area contributed by atoms with E-state index in [9.17, 15) is 4.79 Å². The van der Waals surface area contributed by atoms with Gasteiger partial charge < -0.3 is 10.1 Å². The highest BCUT2D eigenvalue weighted by molar-refractivity contribution is 5.97. The average Bonchev–Trinajstić information content (AvgIpc) is 2.82. The molecule has 21 heavy (non-hydrogen) atoms. The van der Waals surface area contributed by atoms with E-state index in [2.05, 4.69) is 30.4 Å². The number of benzene rings is 2. The van der Waals surface area contributed by atoms with Crippen LogP contribution in [-0.4, -0.2) is 19.1 Å². The van der Waals surface area contributed by atoms with Crippen molar-refractivity contribution in [2.75, 3.05) is 7.05 Å². The van der Waals surface area contributed by atoms with E-state index in [1.807, 2.05) is 31.2 Å². The van der Waals surface area contributed by atoms with Gasteiger partial charge in [-0.1, -0.05) is 36.4 Å². The first kappa shape index (κ1) is 13.7. The highest BCUT2D eigenvalue weighted by atomic mass is 16.5. The Bertz CT molecular complexity index is 679. The Morgan fingerprint density at radius 2 is 1.90 bits per heavy atom. The van der Waals surface area contributed by atoms with Gasteiger partial charge in [0, 0.05) is 18.5 Å². The smallest absolute Gasteiger partial charge is 0.254 e. The van der Waals surface area contributed by atoms with Crippen molar-refractivity contribution in [2.24, 2.45) is 0 Å². The zero-order valence-electron chi connectivity index (χ0n) is 12.5. The van der Waals surface area contributed by atoms with Gasteiger partial charge in [0.05, 0.1) is 5.56 Å². The summed E-state index contributed by atoms with van der Waals surface area (Å²) in [5, 5.41) is 2.69. The van der Waals surface area contributed by atoms with Crippen molar-refractivity contribution in [1.29, 1.82) is 0 Å². The van der Waals surface area contributed by atoms with Gasteiger partial charge in [0.2, 0.25) is 0 Å². The molecule has 108 valence electrons. The molecule has 0 aromatic heterocycles. The lowest BCUT2D eigenvalue weighted by atomic mass is 9.87. The predicted octanol–water partition coefficient (Wildman–Crippen LogP) is 3.27. The number of hydrogen-bond acceptors (Lipinski definition) is 2. The molecule has 0 aliphatic carbocycles. The summed E-state index contributed by atoms with van der Waals surface area (Å²) >= 11 is 0. The normalized spacial score (nSPS) is 19.8. The second-order valence-electron chi connectivity index (χ2n) is 5.52. The third-order valence-electron chi connectivity index (χ3n) is 4.00. The minimum absolute atomic E-state index is 0.0209. The molecule has 1 heterocycles. The fraction of sp³-hybridized carbons (Fsp3) is 0.278. The number of carbonyl (C=O) groups excluding carboxylic acids is 1. The number of ether oxygens (including phenoxy) is 1. The second-order valence-corrected chi connectivity index (χ2v) is 5.52. The van der Waals surface area contributed by atoms with Crippen molar-refractivity contribution in [2.45, 2.75) is 25.9 Å². The van der Waals surface area contributed by atoms with Gasteiger partial charge >= 0.3 is 0 Å². The molecule has 0 spiro atoms. The van der Waals surface area contributed by atoms with E-state index in [0.29, 0.717) is 5.56 Å². The molecule has 3 rings (SSSR count). The molecule has 0 fully saturated rings. The Morgan fingerprint density at radius 1 is 1.19 bits per heavy atom. The molecule has 1 unspecified atom stereocenters. The summed E-state index contributed by atoms with van der Waals surface area (Å²) in [5.41, 5.74) is 4.02. The number of hydrogen-bond donors (Lipinski definition) is 1. The largest absolute Gasteiger partial charge is 0.489 e. The van der Waals surface area contributed by atoms with Crippen LogP contribution >= 0.6 is 0 Å². The lowest BCUT2D eigenvalue weighted by molar-refractivity contribution is 0.0958. The highest BCUT2D eigenvalue weighted by Gasteiger charge is 2.35. The van der Waals surface area contributed by atoms with E-state index in [0.717, 1.165) is 16.9 Å². The van der Waals surface area contributed by atoms with Crippen molar-refractivity contribution < 1.29 is 9.53 Å². The van der Waals surface area contributed by atoms with Gasteiger partial charge in [-0.05, 0) is 31.0 Å². The molecule has 2 aromatic rings. The van der Waals surface area contributed by atoms with Crippen molar-refractivity contribution in [3.8, 4) is 5.75 Å². The van der Waals surface area contributed by atoms with Crippen LogP contribution < -0.4 is 10.1 Å². The average molecular weight is 281 g/mol. The lowest BCUT2D eigenvalue weighted by Gasteiger charge is -2.15. The van der Waals surface area contributed by atoms with E-state index in [1.54, 1.807) is 7.05 Å². The minimum atomic E-state index is -0.101. The molecule has 0 saturated heterocycles. The standard InChI is InChI=1S/C18H19NO2/c1-11-9-14-16(13-7-5-4-6-8-13)12(2)21-17(14)15(10-11)18(20)19-3/h4-10,12,16H,1-3H3,(H,19,20)/t12-,16?/m0/s1. The van der Waals surface area contributed by atoms with Crippen LogP contribution in [0.25, 0.3) is 0 Å². The third kappa shape index (κ3) is 2.29. The quantitative estimate of drug-likeness (QED) is 0.917. The van der Waals surface area contributed by atoms with Gasteiger partial charge in [0.1, 0.15) is 11.9 Å². The zero-order valence-corrected chi connectivity index (χ0v) is 12.5. The van der Waals surface area contributed by atoms with Crippen molar-refractivity contribution in [1.82, 2.24) is 5.32 Å². The van der Waals surface area contributed by atoms with Gasteiger partial charge in [-0.15, -0.1) is 0 Å². The van der Waals surface area contributed by atoms with Gasteiger partial charge in [-0.2, -0.15) is 0 Å². The fourth-order valence-electron chi connectivity index (χ4n) is 3.08. The lowest BCUT2D eigenvalue weighted by Crippen LogP contribution is -2.19. The molecule has 0 saturated carbocycles. The Hall–Kier alpha value is -2.29. The van der Waals surface area contributed by atoms with Crippen LogP contribution in [-0.2, 0) is 0 Å². The Labute approximate surface area is 124 Å². The summed E-state index contributed by atoms with van der Waals surface area (Å²) in [6.07, 6.45) is 0.0209. The first-order chi connectivity index (χ1) is 10.1. The van der Waals surface area contributed by atoms with Crippen LogP contribution in [0.5, 0.6) is 5.75 Å². The summed E-state index contributed by atoms with van der Waals surface area (Å²) in [7, 11) is 1.64. The number of carbonyl (C=O) groups is 1. The van der Waals surface area contributed by atoms with Crippen LogP contribution in [0.3, 0.4) is 0 Å². The minimum Gasteiger partial charge on any atom is -0.489 e. The Morgan fingerprint density at radius 3 is 2.57 bits per heavy atom. The van der Waals surface area contributed by atoms with Crippen molar-refractivity contribution in [3.05, 3.63) is 64.7 Å². The molecular weight excluding hydrogens is 262 g/mol. The first-order valence-corrected chi connectivity index (χ1v) is 7.20. The van der Waals surface area contributed by atoms with Crippen LogP contribution in [0.2, 0.25) is 0 Å². The highest BCUT2D eigenvalue weighted by Crippen LogP contribution is 2.44. The van der Waals surface area contributed by atoms with Gasteiger partial charge in [-0.3, -0.25) is 4.79 Å². The zero-order chi connectivity index (χ0) is 15.0. The summed E-state index contributed by atoms with van der Waals surface area (Å²) in [6.45, 7) is 4.07. The molecular formula is C18H19NO2. The summed E-state index contributed by atoms with van der Waals surface area (Å²) in [5.74, 6) is 0.793. The molecule has 0 radical (unpaired) electrons. The van der Waals surface area contributed by atoms with E-state index in [1.165, 1.54) is 5.56 Å². The number of aryl methyl sites for hydroxylation is 1. The number of rotatable bonds is 2. The van der Waals surface area contributed by atoms with Gasteiger partial charge in [-0.25, -0.2) is 0 Å². The fourth-order valence-corrected chi connectivity index (χ4v) is 3.08. The topological polar surface area (TPSA) is 38.3 Å². The van der Waals surface area contributed by atoms with Crippen molar-refractivity contribution in [3.63, 3.8) is 0 Å². The molecule has 3 nitrogen and oxygen atoms in total. The monoisotopic (exact) mass is 281 g/mol. The van der Waals surface area contributed by atoms with Crippen LogP contribution in [0.4, 0.5) is 0 Å². The molecule has 2 aromatic carbocycles. The maximum absolute atomic E-state index is 12.1. The molecule has 1 aliphatic rings. The van der Waals surface area contributed by atoms with Crippen LogP contribution in [0, 0.1) is 6.92 Å². The Kier molecular flexibility index (Phi) is 3.42. The van der Waals surface area contributed by atoms with E-state index >= 15 is 0 Å². The SMILES string of the molecule is CNC(=O)c1cc(C)cc2c1O[C@@H](C)C2c1ccccc1. The molecule has 1 aliphatic heterocycles. The molecule has 3 heteroatoms. The predicted molar refractivity (Wildman–Crippen MR) is 82.9 cm³/mol. The van der Waals surface area contributed by atoms with E-state index in [-0.39, 0.29) is 17.9 Å². The van der Waals surface area contributed by atoms with Crippen LogP contribution in [0.1, 0.15) is 39.9 Å². The number of fused-ring (bicyclic) bond motifs is 1. The summed E-state index contributed by atoms with van der Waals surface area (Å²) < 4.78 is 6.02. The molecule has 1 amide bonds. The van der Waals surface area contributed by atoms with E-state index in [4.69, 9.17) is 4.74 Å². The van der Waals surface area contributed by atoms with Crippen molar-refractivity contribution >= 4 is 5.91 Å². The molecule has 0 bridgehead atoms. The number of amides is 1. The molecule has 1 N–H and O–H groups in total. The number of nitrogens with one attached hydrogen (secondary N) is 1. The maximum Gasteiger partial charge on any atom is 0.254 e. The summed E-state index contributed by atoms with van der Waals surface area (Å²) in [6, 6.07) is 14.3. The maximum atomic E-state index is 12.1. The third-order valence-corrected chi connectivity index (χ3v) is 4.00. The van der Waals surface area contributed by atoms with Gasteiger partial charge in [0.25, 0.3) is 5.91 Å². The van der Waals surface area contributed by atoms with Gasteiger partial charge in [0.15, 0.2) is 0 Å². The van der Waals surface area contributed by atoms with Crippen LogP contribution in [0.15, 0.2) is 42.5 Å². The van der Waals surface area contributed by atoms with E-state index < -0.39 is 0 Å². The molecule has 2 atom stereocenters. The second kappa shape index (κ2) is 5.24. The first-order valence-electron chi connectivity index (χ1n) is 7.20. The summed E-state index contributed by atoms with van der Waals surface area (Å²) in [4.78, 5) is 12.1. The Balaban J connectivity index is 2.15.